The van der Waals surface area contributed by atoms with Crippen molar-refractivity contribution in [3.63, 3.8) is 0 Å². The summed E-state index contributed by atoms with van der Waals surface area (Å²) in [6.07, 6.45) is 0. The van der Waals surface area contributed by atoms with Gasteiger partial charge in [-0.05, 0) is 32.0 Å². The quantitative estimate of drug-likeness (QED) is 0.838. The van der Waals surface area contributed by atoms with Crippen LogP contribution >= 0.6 is 23.2 Å². The molecule has 0 unspecified atom stereocenters. The molecule has 2 nitrogen and oxygen atoms in total. The Kier molecular flexibility index (Phi) is 3.25. The molecule has 0 saturated carbocycles. The normalized spacial score (nSPS) is 10.8. The van der Waals surface area contributed by atoms with E-state index < -0.39 is 5.54 Å². The molecule has 0 spiro atoms. The minimum Gasteiger partial charge on any atom is -0.368 e. The van der Waals surface area contributed by atoms with Gasteiger partial charge in [-0.1, -0.05) is 23.2 Å². The van der Waals surface area contributed by atoms with Crippen molar-refractivity contribution < 1.29 is 0 Å². The zero-order valence-corrected chi connectivity index (χ0v) is 9.45. The van der Waals surface area contributed by atoms with Crippen molar-refractivity contribution in [3.05, 3.63) is 28.2 Å². The van der Waals surface area contributed by atoms with Crippen LogP contribution in [0.25, 0.3) is 0 Å². The van der Waals surface area contributed by atoms with Crippen LogP contribution in [-0.4, -0.2) is 5.54 Å². The van der Waals surface area contributed by atoms with Gasteiger partial charge in [0.2, 0.25) is 0 Å². The molecular formula is C10H10Cl2N2. The third-order valence-corrected chi connectivity index (χ3v) is 2.39. The van der Waals surface area contributed by atoms with Crippen molar-refractivity contribution >= 4 is 28.9 Å². The van der Waals surface area contributed by atoms with Crippen LogP contribution in [0.3, 0.4) is 0 Å². The Morgan fingerprint density at radius 3 is 2.43 bits per heavy atom. The van der Waals surface area contributed by atoms with E-state index in [9.17, 15) is 0 Å². The minimum atomic E-state index is -0.614. The molecule has 0 aliphatic heterocycles. The number of nitrogens with one attached hydrogen (secondary N) is 1. The van der Waals surface area contributed by atoms with Gasteiger partial charge < -0.3 is 5.32 Å². The first-order valence-electron chi connectivity index (χ1n) is 4.09. The van der Waals surface area contributed by atoms with Crippen molar-refractivity contribution in [2.24, 2.45) is 0 Å². The lowest BCUT2D eigenvalue weighted by atomic mass is 10.1. The maximum Gasteiger partial charge on any atom is 0.119 e. The largest absolute Gasteiger partial charge is 0.368 e. The van der Waals surface area contributed by atoms with Crippen LogP contribution in [0, 0.1) is 11.3 Å². The highest BCUT2D eigenvalue weighted by Crippen LogP contribution is 2.26. The first kappa shape index (κ1) is 11.2. The van der Waals surface area contributed by atoms with Crippen molar-refractivity contribution in [1.82, 2.24) is 0 Å². The van der Waals surface area contributed by atoms with E-state index >= 15 is 0 Å². The number of nitriles is 1. The van der Waals surface area contributed by atoms with Gasteiger partial charge in [0.05, 0.1) is 16.1 Å². The fraction of sp³-hybridized carbons (Fsp3) is 0.300. The number of halogens is 2. The van der Waals surface area contributed by atoms with E-state index in [1.165, 1.54) is 0 Å². The number of rotatable bonds is 2. The van der Waals surface area contributed by atoms with Crippen LogP contribution < -0.4 is 5.32 Å². The van der Waals surface area contributed by atoms with Crippen molar-refractivity contribution in [1.29, 1.82) is 5.26 Å². The van der Waals surface area contributed by atoms with E-state index in [0.717, 1.165) is 5.69 Å². The molecule has 0 atom stereocenters. The van der Waals surface area contributed by atoms with E-state index in [1.54, 1.807) is 32.0 Å². The Balaban J connectivity index is 2.90. The molecule has 74 valence electrons. The van der Waals surface area contributed by atoms with Gasteiger partial charge in [0.1, 0.15) is 5.54 Å². The van der Waals surface area contributed by atoms with Crippen LogP contribution in [0.5, 0.6) is 0 Å². The minimum absolute atomic E-state index is 0.477. The summed E-state index contributed by atoms with van der Waals surface area (Å²) in [4.78, 5) is 0. The molecule has 0 saturated heterocycles. The molecule has 4 heteroatoms. The molecule has 1 aromatic carbocycles. The lowest BCUT2D eigenvalue weighted by Gasteiger charge is -2.19. The fourth-order valence-electron chi connectivity index (χ4n) is 0.963. The van der Waals surface area contributed by atoms with Crippen LogP contribution in [0.4, 0.5) is 5.69 Å². The highest BCUT2D eigenvalue weighted by atomic mass is 35.5. The molecule has 0 bridgehead atoms. The third-order valence-electron chi connectivity index (χ3n) is 1.66. The van der Waals surface area contributed by atoms with Gasteiger partial charge >= 0.3 is 0 Å². The van der Waals surface area contributed by atoms with Gasteiger partial charge in [0.15, 0.2) is 0 Å². The average Bonchev–Trinajstić information content (AvgIpc) is 2.11. The number of nitrogens with zero attached hydrogens (tertiary/aromatic N) is 1. The fourth-order valence-corrected chi connectivity index (χ4v) is 1.26. The van der Waals surface area contributed by atoms with E-state index in [-0.39, 0.29) is 0 Å². The van der Waals surface area contributed by atoms with Gasteiger partial charge in [-0.2, -0.15) is 5.26 Å². The van der Waals surface area contributed by atoms with Crippen LogP contribution in [0.2, 0.25) is 10.0 Å². The maximum absolute atomic E-state index is 8.81. The SMILES string of the molecule is CC(C)(C#N)Nc1ccc(Cl)c(Cl)c1. The molecule has 0 aromatic heterocycles. The smallest absolute Gasteiger partial charge is 0.119 e. The molecule has 0 aliphatic carbocycles. The Labute approximate surface area is 93.4 Å². The second kappa shape index (κ2) is 4.08. The first-order valence-corrected chi connectivity index (χ1v) is 4.85. The summed E-state index contributed by atoms with van der Waals surface area (Å²) in [6.45, 7) is 3.57. The zero-order valence-electron chi connectivity index (χ0n) is 7.94. The standard InChI is InChI=1S/C10H10Cl2N2/c1-10(2,6-13)14-7-3-4-8(11)9(12)5-7/h3-5,14H,1-2H3. The van der Waals surface area contributed by atoms with Gasteiger partial charge in [0, 0.05) is 5.69 Å². The lowest BCUT2D eigenvalue weighted by molar-refractivity contribution is 0.729. The summed E-state index contributed by atoms with van der Waals surface area (Å²) in [6, 6.07) is 7.31. The predicted octanol–water partition coefficient (Wildman–Crippen LogP) is 3.71. The summed E-state index contributed by atoms with van der Waals surface area (Å²) < 4.78 is 0. The van der Waals surface area contributed by atoms with E-state index in [0.29, 0.717) is 10.0 Å². The second-order valence-corrected chi connectivity index (χ2v) is 4.31. The molecule has 0 fully saturated rings. The van der Waals surface area contributed by atoms with E-state index in [2.05, 4.69) is 11.4 Å². The van der Waals surface area contributed by atoms with Gasteiger partial charge in [0.25, 0.3) is 0 Å². The van der Waals surface area contributed by atoms with Crippen molar-refractivity contribution in [3.8, 4) is 6.07 Å². The number of hydrogen-bond donors (Lipinski definition) is 1. The molecule has 0 heterocycles. The molecule has 0 radical (unpaired) electrons. The van der Waals surface area contributed by atoms with Crippen LogP contribution in [0.15, 0.2) is 18.2 Å². The zero-order chi connectivity index (χ0) is 10.8. The predicted molar refractivity (Wildman–Crippen MR) is 59.8 cm³/mol. The topological polar surface area (TPSA) is 35.8 Å². The van der Waals surface area contributed by atoms with Gasteiger partial charge in [-0.15, -0.1) is 0 Å². The van der Waals surface area contributed by atoms with Gasteiger partial charge in [-0.3, -0.25) is 0 Å². The third kappa shape index (κ3) is 2.80. The summed E-state index contributed by atoms with van der Waals surface area (Å²) in [5.74, 6) is 0. The molecule has 0 amide bonds. The van der Waals surface area contributed by atoms with Crippen molar-refractivity contribution in [2.45, 2.75) is 19.4 Å². The van der Waals surface area contributed by atoms with E-state index in [1.807, 2.05) is 0 Å². The lowest BCUT2D eigenvalue weighted by Crippen LogP contribution is -2.28. The molecule has 1 rings (SSSR count). The molecule has 14 heavy (non-hydrogen) atoms. The van der Waals surface area contributed by atoms with Crippen molar-refractivity contribution in [2.75, 3.05) is 5.32 Å². The van der Waals surface area contributed by atoms with Gasteiger partial charge in [-0.25, -0.2) is 0 Å². The summed E-state index contributed by atoms with van der Waals surface area (Å²) in [5.41, 5.74) is 0.169. The Bertz CT molecular complexity index is 380. The second-order valence-electron chi connectivity index (χ2n) is 3.49. The van der Waals surface area contributed by atoms with Crippen LogP contribution in [0.1, 0.15) is 13.8 Å². The molecule has 0 aliphatic rings. The number of anilines is 1. The molecular weight excluding hydrogens is 219 g/mol. The number of benzene rings is 1. The molecule has 1 N–H and O–H groups in total. The average molecular weight is 229 g/mol. The Morgan fingerprint density at radius 1 is 1.29 bits per heavy atom. The van der Waals surface area contributed by atoms with E-state index in [4.69, 9.17) is 28.5 Å². The summed E-state index contributed by atoms with van der Waals surface area (Å²) in [5, 5.41) is 12.8. The maximum atomic E-state index is 8.81. The monoisotopic (exact) mass is 228 g/mol. The Hall–Kier alpha value is -0.910. The van der Waals surface area contributed by atoms with Crippen LogP contribution in [-0.2, 0) is 0 Å². The highest BCUT2D eigenvalue weighted by Gasteiger charge is 2.15. The number of hydrogen-bond acceptors (Lipinski definition) is 2. The first-order chi connectivity index (χ1) is 6.44. The highest BCUT2D eigenvalue weighted by molar-refractivity contribution is 6.42. The Morgan fingerprint density at radius 2 is 1.93 bits per heavy atom. The summed E-state index contributed by atoms with van der Waals surface area (Å²) in [7, 11) is 0. The molecule has 1 aromatic rings. The summed E-state index contributed by atoms with van der Waals surface area (Å²) >= 11 is 11.6.